The average molecular weight is 175 g/mol. The molecule has 0 radical (unpaired) electrons. The highest BCUT2D eigenvalue weighted by molar-refractivity contribution is 5.69. The zero-order valence-electron chi connectivity index (χ0n) is 7.91. The Hall–Kier alpha value is -0.610. The van der Waals surface area contributed by atoms with Gasteiger partial charge >= 0.3 is 5.97 Å². The molecule has 4 heteroatoms. The average Bonchev–Trinajstić information content (AvgIpc) is 1.99. The van der Waals surface area contributed by atoms with Gasteiger partial charge in [-0.15, -0.1) is 0 Å². The molecule has 0 aromatic carbocycles. The maximum Gasteiger partial charge on any atom is 0.305 e. The molecule has 0 aromatic rings. The number of aliphatic hydroxyl groups excluding tert-OH is 1. The molecule has 1 N–H and O–H groups in total. The van der Waals surface area contributed by atoms with Crippen LogP contribution in [-0.4, -0.2) is 49.8 Å². The van der Waals surface area contributed by atoms with Crippen LogP contribution in [0.1, 0.15) is 12.8 Å². The maximum atomic E-state index is 10.7. The highest BCUT2D eigenvalue weighted by Gasteiger charge is 2.08. The van der Waals surface area contributed by atoms with Gasteiger partial charge in [0.15, 0.2) is 0 Å². The molecule has 0 saturated heterocycles. The van der Waals surface area contributed by atoms with Crippen molar-refractivity contribution in [3.8, 4) is 0 Å². The summed E-state index contributed by atoms with van der Waals surface area (Å²) in [6, 6.07) is 0. The molecular weight excluding hydrogens is 158 g/mol. The second-order valence-electron chi connectivity index (χ2n) is 3.03. The molecule has 0 bridgehead atoms. The van der Waals surface area contributed by atoms with E-state index in [1.807, 2.05) is 19.0 Å². The molecule has 0 spiro atoms. The molecule has 0 aromatic heterocycles. The van der Waals surface area contributed by atoms with Crippen molar-refractivity contribution in [1.82, 2.24) is 4.90 Å². The number of methoxy groups -OCH3 is 1. The normalized spacial score (nSPS) is 13.1. The van der Waals surface area contributed by atoms with Crippen molar-refractivity contribution in [2.45, 2.75) is 18.9 Å². The quantitative estimate of drug-likeness (QED) is 0.591. The SMILES string of the molecule is COC(=O)CCC(O)CN(C)C. The lowest BCUT2D eigenvalue weighted by molar-refractivity contribution is -0.141. The van der Waals surface area contributed by atoms with E-state index < -0.39 is 6.10 Å². The first-order valence-corrected chi connectivity index (χ1v) is 3.96. The number of hydrogen-bond donors (Lipinski definition) is 1. The van der Waals surface area contributed by atoms with Crippen LogP contribution in [0.5, 0.6) is 0 Å². The van der Waals surface area contributed by atoms with E-state index in [-0.39, 0.29) is 12.4 Å². The lowest BCUT2D eigenvalue weighted by Gasteiger charge is -2.14. The van der Waals surface area contributed by atoms with Crippen LogP contribution in [0.25, 0.3) is 0 Å². The van der Waals surface area contributed by atoms with Crippen molar-refractivity contribution >= 4 is 5.97 Å². The number of aliphatic hydroxyl groups is 1. The number of likely N-dealkylation sites (N-methyl/N-ethyl adjacent to an activating group) is 1. The molecule has 0 aliphatic carbocycles. The third-order valence-corrected chi connectivity index (χ3v) is 1.49. The third-order valence-electron chi connectivity index (χ3n) is 1.49. The van der Waals surface area contributed by atoms with Gasteiger partial charge in [-0.1, -0.05) is 0 Å². The summed E-state index contributed by atoms with van der Waals surface area (Å²) in [7, 11) is 5.10. The van der Waals surface area contributed by atoms with Crippen molar-refractivity contribution in [3.63, 3.8) is 0 Å². The Balaban J connectivity index is 3.43. The van der Waals surface area contributed by atoms with E-state index in [9.17, 15) is 9.90 Å². The zero-order chi connectivity index (χ0) is 9.56. The van der Waals surface area contributed by atoms with Crippen molar-refractivity contribution in [3.05, 3.63) is 0 Å². The van der Waals surface area contributed by atoms with Crippen LogP contribution in [0.15, 0.2) is 0 Å². The number of carbonyl (C=O) groups is 1. The van der Waals surface area contributed by atoms with Crippen LogP contribution in [-0.2, 0) is 9.53 Å². The van der Waals surface area contributed by atoms with Crippen molar-refractivity contribution < 1.29 is 14.6 Å². The van der Waals surface area contributed by atoms with E-state index in [1.165, 1.54) is 7.11 Å². The fraction of sp³-hybridized carbons (Fsp3) is 0.875. The predicted octanol–water partition coefficient (Wildman–Crippen LogP) is -0.138. The topological polar surface area (TPSA) is 49.8 Å². The number of hydrogen-bond acceptors (Lipinski definition) is 4. The van der Waals surface area contributed by atoms with Gasteiger partial charge in [0.05, 0.1) is 13.2 Å². The number of nitrogens with zero attached hydrogens (tertiary/aromatic N) is 1. The first kappa shape index (κ1) is 11.4. The van der Waals surface area contributed by atoms with E-state index in [1.54, 1.807) is 0 Å². The largest absolute Gasteiger partial charge is 0.469 e. The molecule has 1 unspecified atom stereocenters. The van der Waals surface area contributed by atoms with Gasteiger partial charge in [0.25, 0.3) is 0 Å². The number of esters is 1. The molecule has 0 heterocycles. The molecule has 0 aliphatic rings. The van der Waals surface area contributed by atoms with Gasteiger partial charge in [0, 0.05) is 13.0 Å². The molecule has 0 amide bonds. The van der Waals surface area contributed by atoms with E-state index in [0.717, 1.165) is 0 Å². The van der Waals surface area contributed by atoms with Crippen LogP contribution < -0.4 is 0 Å². The first-order valence-electron chi connectivity index (χ1n) is 3.96. The Labute approximate surface area is 73.1 Å². The Morgan fingerprint density at radius 3 is 2.58 bits per heavy atom. The Kier molecular flexibility index (Phi) is 5.66. The van der Waals surface area contributed by atoms with Gasteiger partial charge < -0.3 is 14.7 Å². The van der Waals surface area contributed by atoms with Crippen LogP contribution in [0.3, 0.4) is 0 Å². The molecule has 0 fully saturated rings. The van der Waals surface area contributed by atoms with Crippen molar-refractivity contribution in [2.24, 2.45) is 0 Å². The summed E-state index contributed by atoms with van der Waals surface area (Å²) in [5.41, 5.74) is 0. The molecule has 0 rings (SSSR count). The highest BCUT2D eigenvalue weighted by atomic mass is 16.5. The monoisotopic (exact) mass is 175 g/mol. The summed E-state index contributed by atoms with van der Waals surface area (Å²) >= 11 is 0. The molecule has 72 valence electrons. The minimum Gasteiger partial charge on any atom is -0.469 e. The molecular formula is C8H17NO3. The molecule has 0 aliphatic heterocycles. The maximum absolute atomic E-state index is 10.7. The molecule has 4 nitrogen and oxygen atoms in total. The van der Waals surface area contributed by atoms with E-state index in [4.69, 9.17) is 0 Å². The summed E-state index contributed by atoms with van der Waals surface area (Å²) in [4.78, 5) is 12.5. The third kappa shape index (κ3) is 6.12. The second-order valence-corrected chi connectivity index (χ2v) is 3.03. The van der Waals surface area contributed by atoms with Gasteiger partial charge in [-0.25, -0.2) is 0 Å². The lowest BCUT2D eigenvalue weighted by Crippen LogP contribution is -2.26. The zero-order valence-corrected chi connectivity index (χ0v) is 7.91. The van der Waals surface area contributed by atoms with E-state index in [0.29, 0.717) is 13.0 Å². The number of ether oxygens (including phenoxy) is 1. The van der Waals surface area contributed by atoms with E-state index >= 15 is 0 Å². The van der Waals surface area contributed by atoms with Crippen LogP contribution >= 0.6 is 0 Å². The van der Waals surface area contributed by atoms with Crippen molar-refractivity contribution in [1.29, 1.82) is 0 Å². The minimum atomic E-state index is -0.445. The fourth-order valence-corrected chi connectivity index (χ4v) is 0.899. The van der Waals surface area contributed by atoms with Gasteiger partial charge in [0.2, 0.25) is 0 Å². The number of carbonyl (C=O) groups excluding carboxylic acids is 1. The standard InChI is InChI=1S/C8H17NO3/c1-9(2)6-7(10)4-5-8(11)12-3/h7,10H,4-6H2,1-3H3. The van der Waals surface area contributed by atoms with Gasteiger partial charge in [-0.05, 0) is 20.5 Å². The van der Waals surface area contributed by atoms with Crippen LogP contribution in [0, 0.1) is 0 Å². The predicted molar refractivity (Wildman–Crippen MR) is 45.8 cm³/mol. The highest BCUT2D eigenvalue weighted by Crippen LogP contribution is 1.99. The summed E-state index contributed by atoms with van der Waals surface area (Å²) < 4.78 is 4.44. The smallest absolute Gasteiger partial charge is 0.305 e. The van der Waals surface area contributed by atoms with Gasteiger partial charge in [-0.3, -0.25) is 4.79 Å². The summed E-state index contributed by atoms with van der Waals surface area (Å²) in [6.45, 7) is 0.580. The van der Waals surface area contributed by atoms with E-state index in [2.05, 4.69) is 4.74 Å². The Bertz CT molecular complexity index is 136. The fourth-order valence-electron chi connectivity index (χ4n) is 0.899. The lowest BCUT2D eigenvalue weighted by atomic mass is 10.2. The summed E-state index contributed by atoms with van der Waals surface area (Å²) in [6.07, 6.45) is 0.301. The van der Waals surface area contributed by atoms with Crippen LogP contribution in [0.2, 0.25) is 0 Å². The first-order chi connectivity index (χ1) is 5.56. The van der Waals surface area contributed by atoms with Gasteiger partial charge in [-0.2, -0.15) is 0 Å². The molecule has 0 saturated carbocycles. The number of rotatable bonds is 5. The Morgan fingerprint density at radius 2 is 2.17 bits per heavy atom. The molecule has 1 atom stereocenters. The summed E-state index contributed by atoms with van der Waals surface area (Å²) in [5, 5.41) is 9.31. The summed E-state index contributed by atoms with van der Waals surface area (Å²) in [5.74, 6) is -0.271. The molecule has 12 heavy (non-hydrogen) atoms. The second kappa shape index (κ2) is 5.97. The minimum absolute atomic E-state index is 0.271. The van der Waals surface area contributed by atoms with Gasteiger partial charge in [0.1, 0.15) is 0 Å². The van der Waals surface area contributed by atoms with Crippen LogP contribution in [0.4, 0.5) is 0 Å². The van der Waals surface area contributed by atoms with Crippen molar-refractivity contribution in [2.75, 3.05) is 27.7 Å². The Morgan fingerprint density at radius 1 is 1.58 bits per heavy atom.